The van der Waals surface area contributed by atoms with Gasteiger partial charge in [0.2, 0.25) is 10.1 Å². The van der Waals surface area contributed by atoms with Crippen LogP contribution in [0.15, 0.2) is 11.6 Å². The summed E-state index contributed by atoms with van der Waals surface area (Å²) >= 11 is 2.58. The first kappa shape index (κ1) is 11.0. The molecule has 0 aliphatic rings. The molecule has 0 saturated heterocycles. The van der Waals surface area contributed by atoms with Crippen molar-refractivity contribution in [3.8, 4) is 0 Å². The van der Waals surface area contributed by atoms with Gasteiger partial charge in [0.25, 0.3) is 5.91 Å². The van der Waals surface area contributed by atoms with Gasteiger partial charge in [0.1, 0.15) is 0 Å². The number of amides is 1. The zero-order valence-corrected chi connectivity index (χ0v) is 10.1. The van der Waals surface area contributed by atoms with E-state index in [2.05, 4.69) is 25.8 Å². The van der Waals surface area contributed by atoms with Crippen molar-refractivity contribution < 1.29 is 4.79 Å². The monoisotopic (exact) mass is 255 g/mol. The second kappa shape index (κ2) is 4.99. The van der Waals surface area contributed by atoms with Crippen LogP contribution < -0.4 is 10.6 Å². The quantitative estimate of drug-likeness (QED) is 0.868. The number of carbonyl (C=O) groups excluding carboxylic acids is 1. The third-order valence-corrected chi connectivity index (χ3v) is 3.17. The van der Waals surface area contributed by atoms with Gasteiger partial charge >= 0.3 is 0 Å². The van der Waals surface area contributed by atoms with Gasteiger partial charge in [-0.05, 0) is 6.92 Å². The van der Waals surface area contributed by atoms with Crippen LogP contribution in [0, 0.1) is 0 Å². The molecule has 16 heavy (non-hydrogen) atoms. The van der Waals surface area contributed by atoms with Gasteiger partial charge in [-0.25, -0.2) is 4.98 Å². The molecule has 84 valence electrons. The Kier molecular flexibility index (Phi) is 3.42. The van der Waals surface area contributed by atoms with Crippen molar-refractivity contribution in [3.05, 3.63) is 16.6 Å². The lowest BCUT2D eigenvalue weighted by Gasteiger charge is -1.95. The summed E-state index contributed by atoms with van der Waals surface area (Å²) in [4.78, 5) is 15.6. The summed E-state index contributed by atoms with van der Waals surface area (Å²) in [5.41, 5.74) is 0. The van der Waals surface area contributed by atoms with E-state index in [-0.39, 0.29) is 5.91 Å². The molecule has 2 heterocycles. The molecule has 0 radical (unpaired) electrons. The van der Waals surface area contributed by atoms with Gasteiger partial charge in [0.05, 0.1) is 0 Å². The van der Waals surface area contributed by atoms with Gasteiger partial charge in [-0.15, -0.1) is 21.5 Å². The fourth-order valence-electron chi connectivity index (χ4n) is 0.973. The molecular formula is C8H9N5OS2. The van der Waals surface area contributed by atoms with Crippen LogP contribution in [0.5, 0.6) is 0 Å². The Bertz CT molecular complexity index is 466. The van der Waals surface area contributed by atoms with Crippen LogP contribution in [0.3, 0.4) is 0 Å². The summed E-state index contributed by atoms with van der Waals surface area (Å²) in [7, 11) is 0. The molecule has 6 nitrogen and oxygen atoms in total. The molecule has 8 heteroatoms. The second-order valence-corrected chi connectivity index (χ2v) is 4.61. The lowest BCUT2D eigenvalue weighted by molar-refractivity contribution is 0.102. The van der Waals surface area contributed by atoms with Crippen molar-refractivity contribution in [1.82, 2.24) is 15.2 Å². The van der Waals surface area contributed by atoms with Crippen LogP contribution in [-0.2, 0) is 0 Å². The molecule has 0 aliphatic carbocycles. The summed E-state index contributed by atoms with van der Waals surface area (Å²) in [6.45, 7) is 2.71. The third kappa shape index (κ3) is 2.52. The maximum absolute atomic E-state index is 11.7. The predicted octanol–water partition coefficient (Wildman–Crippen LogP) is 1.68. The van der Waals surface area contributed by atoms with E-state index in [1.165, 1.54) is 22.7 Å². The van der Waals surface area contributed by atoms with Gasteiger partial charge in [-0.2, -0.15) is 0 Å². The molecule has 0 unspecified atom stereocenters. The Hall–Kier alpha value is -1.54. The number of rotatable bonds is 4. The summed E-state index contributed by atoms with van der Waals surface area (Å²) in [5.74, 6) is -0.281. The highest BCUT2D eigenvalue weighted by molar-refractivity contribution is 7.17. The van der Waals surface area contributed by atoms with Crippen LogP contribution in [0.2, 0.25) is 0 Å². The highest BCUT2D eigenvalue weighted by Gasteiger charge is 2.13. The standard InChI is InChI=1S/C8H9N5OS2/c1-2-9-8-13-12-6(16-8)5(14)11-7-10-3-4-15-7/h3-4H,2H2,1H3,(H,9,13)(H,10,11,14). The van der Waals surface area contributed by atoms with Crippen molar-refractivity contribution in [3.63, 3.8) is 0 Å². The number of anilines is 2. The molecule has 0 aromatic carbocycles. The van der Waals surface area contributed by atoms with E-state index in [4.69, 9.17) is 0 Å². The predicted molar refractivity (Wildman–Crippen MR) is 64.1 cm³/mol. The number of carbonyl (C=O) groups is 1. The van der Waals surface area contributed by atoms with E-state index >= 15 is 0 Å². The molecule has 0 atom stereocenters. The van der Waals surface area contributed by atoms with E-state index in [9.17, 15) is 4.79 Å². The van der Waals surface area contributed by atoms with Gasteiger partial charge < -0.3 is 5.32 Å². The zero-order chi connectivity index (χ0) is 11.4. The minimum Gasteiger partial charge on any atom is -0.360 e. The summed E-state index contributed by atoms with van der Waals surface area (Å²) < 4.78 is 0. The molecule has 2 aromatic rings. The first-order chi connectivity index (χ1) is 7.79. The SMILES string of the molecule is CCNc1nnc(C(=O)Nc2nccs2)s1. The van der Waals surface area contributed by atoms with Crippen LogP contribution in [0.25, 0.3) is 0 Å². The van der Waals surface area contributed by atoms with E-state index in [0.717, 1.165) is 6.54 Å². The largest absolute Gasteiger partial charge is 0.360 e. The normalized spacial score (nSPS) is 10.1. The van der Waals surface area contributed by atoms with Crippen LogP contribution in [0.4, 0.5) is 10.3 Å². The van der Waals surface area contributed by atoms with Crippen molar-refractivity contribution in [1.29, 1.82) is 0 Å². The molecule has 0 bridgehead atoms. The molecule has 1 amide bonds. The minimum absolute atomic E-state index is 0.281. The van der Waals surface area contributed by atoms with Gasteiger partial charge in [-0.3, -0.25) is 10.1 Å². The second-order valence-electron chi connectivity index (χ2n) is 2.73. The Labute approximate surface area is 99.8 Å². The van der Waals surface area contributed by atoms with Crippen LogP contribution in [0.1, 0.15) is 16.7 Å². The summed E-state index contributed by atoms with van der Waals surface area (Å²) in [6.07, 6.45) is 1.63. The Morgan fingerprint density at radius 2 is 2.31 bits per heavy atom. The van der Waals surface area contributed by atoms with Gasteiger partial charge in [0.15, 0.2) is 5.13 Å². The molecule has 0 saturated carbocycles. The van der Waals surface area contributed by atoms with E-state index < -0.39 is 0 Å². The van der Waals surface area contributed by atoms with Crippen LogP contribution in [-0.4, -0.2) is 27.6 Å². The first-order valence-electron chi connectivity index (χ1n) is 4.58. The van der Waals surface area contributed by atoms with Crippen molar-refractivity contribution in [2.75, 3.05) is 17.2 Å². The Morgan fingerprint density at radius 1 is 1.44 bits per heavy atom. The van der Waals surface area contributed by atoms with Crippen LogP contribution >= 0.6 is 22.7 Å². The molecule has 0 fully saturated rings. The van der Waals surface area contributed by atoms with Gasteiger partial charge in [-0.1, -0.05) is 11.3 Å². The fourth-order valence-corrected chi connectivity index (χ4v) is 2.20. The van der Waals surface area contributed by atoms with E-state index in [1.54, 1.807) is 11.6 Å². The molecule has 2 rings (SSSR count). The first-order valence-corrected chi connectivity index (χ1v) is 6.27. The number of nitrogens with one attached hydrogen (secondary N) is 2. The van der Waals surface area contributed by atoms with E-state index in [0.29, 0.717) is 15.3 Å². The van der Waals surface area contributed by atoms with E-state index in [1.807, 2.05) is 6.92 Å². The number of nitrogens with zero attached hydrogens (tertiary/aromatic N) is 3. The molecule has 0 spiro atoms. The smallest absolute Gasteiger partial charge is 0.288 e. The maximum atomic E-state index is 11.7. The third-order valence-electron chi connectivity index (χ3n) is 1.60. The maximum Gasteiger partial charge on any atom is 0.288 e. The fraction of sp³-hybridized carbons (Fsp3) is 0.250. The Morgan fingerprint density at radius 3 is 3.00 bits per heavy atom. The summed E-state index contributed by atoms with van der Waals surface area (Å²) in [6, 6.07) is 0. The Balaban J connectivity index is 2.03. The van der Waals surface area contributed by atoms with Gasteiger partial charge in [0, 0.05) is 18.1 Å². The number of thiazole rings is 1. The number of hydrogen-bond acceptors (Lipinski definition) is 7. The zero-order valence-electron chi connectivity index (χ0n) is 8.43. The van der Waals surface area contributed by atoms with Crippen molar-refractivity contribution in [2.45, 2.75) is 6.92 Å². The summed E-state index contributed by atoms with van der Waals surface area (Å²) in [5, 5.41) is 16.6. The highest BCUT2D eigenvalue weighted by atomic mass is 32.1. The number of aromatic nitrogens is 3. The number of hydrogen-bond donors (Lipinski definition) is 2. The molecule has 2 N–H and O–H groups in total. The molecule has 0 aliphatic heterocycles. The highest BCUT2D eigenvalue weighted by Crippen LogP contribution is 2.17. The minimum atomic E-state index is -0.281. The van der Waals surface area contributed by atoms with Crippen molar-refractivity contribution in [2.24, 2.45) is 0 Å². The lowest BCUT2D eigenvalue weighted by Crippen LogP contribution is -2.11. The lowest BCUT2D eigenvalue weighted by atomic mass is 10.6. The topological polar surface area (TPSA) is 79.8 Å². The van der Waals surface area contributed by atoms with Crippen molar-refractivity contribution >= 4 is 38.8 Å². The molecular weight excluding hydrogens is 246 g/mol. The average Bonchev–Trinajstić information content (AvgIpc) is 2.89. The molecule has 2 aromatic heterocycles. The average molecular weight is 255 g/mol.